The normalized spacial score (nSPS) is 17.3. The molecule has 1 saturated heterocycles. The van der Waals surface area contributed by atoms with Crippen molar-refractivity contribution < 1.29 is 13.9 Å². The Morgan fingerprint density at radius 2 is 2.21 bits per heavy atom. The van der Waals surface area contributed by atoms with Gasteiger partial charge in [-0.2, -0.15) is 0 Å². The highest BCUT2D eigenvalue weighted by atomic mass is 35.5. The molecule has 0 radical (unpaired) electrons. The van der Waals surface area contributed by atoms with Gasteiger partial charge in [0.1, 0.15) is 11.0 Å². The maximum Gasteiger partial charge on any atom is 0.323 e. The summed E-state index contributed by atoms with van der Waals surface area (Å²) in [5, 5.41) is 8.52. The smallest absolute Gasteiger partial charge is 0.323 e. The van der Waals surface area contributed by atoms with Gasteiger partial charge in [0.05, 0.1) is 30.3 Å². The lowest BCUT2D eigenvalue weighted by Crippen LogP contribution is -2.33. The minimum atomic E-state index is -0.568. The van der Waals surface area contributed by atoms with E-state index in [4.69, 9.17) is 16.3 Å². The van der Waals surface area contributed by atoms with Crippen LogP contribution in [0.1, 0.15) is 11.7 Å². The summed E-state index contributed by atoms with van der Waals surface area (Å²) in [6.07, 6.45) is 1.23. The molecule has 1 aromatic carbocycles. The van der Waals surface area contributed by atoms with Crippen molar-refractivity contribution in [1.29, 1.82) is 0 Å². The van der Waals surface area contributed by atoms with E-state index in [9.17, 15) is 9.18 Å². The molecule has 1 fully saturated rings. The molecule has 8 heteroatoms. The number of carbonyl (C=O) groups is 1. The van der Waals surface area contributed by atoms with E-state index in [0.29, 0.717) is 24.0 Å². The van der Waals surface area contributed by atoms with Crippen LogP contribution in [0.25, 0.3) is 0 Å². The predicted octanol–water partition coefficient (Wildman–Crippen LogP) is 3.18. The number of halogens is 2. The number of hydrogen-bond donors (Lipinski definition) is 3. The topological polar surface area (TPSA) is 75.3 Å². The summed E-state index contributed by atoms with van der Waals surface area (Å²) in [6.45, 7) is 2.01. The summed E-state index contributed by atoms with van der Waals surface area (Å²) < 4.78 is 19.8. The first-order valence-electron chi connectivity index (χ1n) is 7.43. The molecule has 0 spiro atoms. The third-order valence-corrected chi connectivity index (χ3v) is 3.75. The number of pyridine rings is 1. The van der Waals surface area contributed by atoms with Crippen LogP contribution in [0.2, 0.25) is 5.15 Å². The molecule has 1 atom stereocenters. The number of nitrogens with one attached hydrogen (secondary N) is 3. The molecular weight excluding hydrogens is 335 g/mol. The molecule has 6 nitrogen and oxygen atoms in total. The lowest BCUT2D eigenvalue weighted by Gasteiger charge is -2.24. The average molecular weight is 351 g/mol. The molecule has 126 valence electrons. The predicted molar refractivity (Wildman–Crippen MR) is 89.9 cm³/mol. The number of morpholine rings is 1. The highest BCUT2D eigenvalue weighted by molar-refractivity contribution is 6.29. The maximum atomic E-state index is 14.2. The lowest BCUT2D eigenvalue weighted by atomic mass is 10.1. The Morgan fingerprint density at radius 1 is 1.33 bits per heavy atom. The van der Waals surface area contributed by atoms with Crippen LogP contribution in [0, 0.1) is 5.82 Å². The molecule has 2 aromatic rings. The molecule has 1 unspecified atom stereocenters. The van der Waals surface area contributed by atoms with Crippen LogP contribution in [-0.2, 0) is 4.74 Å². The molecule has 0 saturated carbocycles. The van der Waals surface area contributed by atoms with Gasteiger partial charge in [0.2, 0.25) is 0 Å². The molecule has 0 aliphatic carbocycles. The molecule has 3 rings (SSSR count). The van der Waals surface area contributed by atoms with Gasteiger partial charge in [-0.05, 0) is 29.8 Å². The third kappa shape index (κ3) is 4.19. The van der Waals surface area contributed by atoms with E-state index < -0.39 is 11.8 Å². The van der Waals surface area contributed by atoms with Gasteiger partial charge in [-0.3, -0.25) is 0 Å². The first-order chi connectivity index (χ1) is 11.6. The second-order valence-corrected chi connectivity index (χ2v) is 5.64. The Morgan fingerprint density at radius 3 is 2.88 bits per heavy atom. The van der Waals surface area contributed by atoms with Crippen LogP contribution >= 0.6 is 11.6 Å². The van der Waals surface area contributed by atoms with Crippen molar-refractivity contribution in [1.82, 2.24) is 10.3 Å². The Balaban J connectivity index is 1.64. The van der Waals surface area contributed by atoms with Crippen molar-refractivity contribution in [2.75, 3.05) is 30.3 Å². The minimum Gasteiger partial charge on any atom is -0.371 e. The fourth-order valence-corrected chi connectivity index (χ4v) is 2.46. The third-order valence-electron chi connectivity index (χ3n) is 3.53. The molecule has 1 aliphatic heterocycles. The summed E-state index contributed by atoms with van der Waals surface area (Å²) in [5.41, 5.74) is 1.27. The number of aromatic nitrogens is 1. The van der Waals surface area contributed by atoms with E-state index in [-0.39, 0.29) is 11.8 Å². The van der Waals surface area contributed by atoms with Gasteiger partial charge >= 0.3 is 6.03 Å². The molecule has 0 bridgehead atoms. The summed E-state index contributed by atoms with van der Waals surface area (Å²) >= 11 is 5.67. The molecule has 1 aliphatic rings. The van der Waals surface area contributed by atoms with E-state index in [1.54, 1.807) is 18.2 Å². The Hall–Kier alpha value is -2.22. The molecule has 2 heterocycles. The largest absolute Gasteiger partial charge is 0.371 e. The summed E-state index contributed by atoms with van der Waals surface area (Å²) in [4.78, 5) is 15.8. The number of benzene rings is 1. The Bertz CT molecular complexity index is 721. The van der Waals surface area contributed by atoms with Gasteiger partial charge in [0.25, 0.3) is 0 Å². The minimum absolute atomic E-state index is 0.0851. The standard InChI is InChI=1S/C16H16ClFN4O2/c17-15-4-2-11(8-20-15)21-16(23)22-13-3-1-10(7-12(13)18)14-9-19-5-6-24-14/h1-4,7-8,14,19H,5-6,9H2,(H2,21,22,23). The quantitative estimate of drug-likeness (QED) is 0.743. The van der Waals surface area contributed by atoms with E-state index in [2.05, 4.69) is 20.9 Å². The van der Waals surface area contributed by atoms with Gasteiger partial charge in [-0.15, -0.1) is 0 Å². The van der Waals surface area contributed by atoms with Crippen LogP contribution in [-0.4, -0.2) is 30.7 Å². The second-order valence-electron chi connectivity index (χ2n) is 5.25. The van der Waals surface area contributed by atoms with E-state index in [0.717, 1.165) is 12.1 Å². The lowest BCUT2D eigenvalue weighted by molar-refractivity contribution is 0.0275. The molecule has 24 heavy (non-hydrogen) atoms. The highest BCUT2D eigenvalue weighted by Gasteiger charge is 2.17. The summed E-state index contributed by atoms with van der Waals surface area (Å²) in [6, 6.07) is 7.20. The second kappa shape index (κ2) is 7.57. The summed E-state index contributed by atoms with van der Waals surface area (Å²) in [5.74, 6) is -0.522. The molecule has 2 amide bonds. The number of anilines is 2. The SMILES string of the molecule is O=C(Nc1ccc(Cl)nc1)Nc1ccc(C2CNCCO2)cc1F. The molecule has 3 N–H and O–H groups in total. The van der Waals surface area contributed by atoms with Crippen LogP contribution in [0.15, 0.2) is 36.5 Å². The zero-order valence-corrected chi connectivity index (χ0v) is 13.4. The first kappa shape index (κ1) is 16.6. The van der Waals surface area contributed by atoms with Gasteiger partial charge in [0, 0.05) is 13.1 Å². The molecular formula is C16H16ClFN4O2. The zero-order chi connectivity index (χ0) is 16.9. The number of rotatable bonds is 3. The van der Waals surface area contributed by atoms with Gasteiger partial charge < -0.3 is 20.7 Å². The van der Waals surface area contributed by atoms with Gasteiger partial charge in [0.15, 0.2) is 0 Å². The van der Waals surface area contributed by atoms with Crippen molar-refractivity contribution >= 4 is 29.0 Å². The van der Waals surface area contributed by atoms with E-state index >= 15 is 0 Å². The van der Waals surface area contributed by atoms with Crippen molar-refractivity contribution in [3.63, 3.8) is 0 Å². The Kier molecular flexibility index (Phi) is 5.24. The van der Waals surface area contributed by atoms with Crippen LogP contribution in [0.3, 0.4) is 0 Å². The van der Waals surface area contributed by atoms with Crippen LogP contribution in [0.4, 0.5) is 20.6 Å². The van der Waals surface area contributed by atoms with Gasteiger partial charge in [-0.1, -0.05) is 17.7 Å². The van der Waals surface area contributed by atoms with Crippen LogP contribution < -0.4 is 16.0 Å². The summed E-state index contributed by atoms with van der Waals surface area (Å²) in [7, 11) is 0. The highest BCUT2D eigenvalue weighted by Crippen LogP contribution is 2.23. The number of urea groups is 1. The molecule has 1 aromatic heterocycles. The Labute approximate surface area is 143 Å². The number of amides is 2. The number of carbonyl (C=O) groups excluding carboxylic acids is 1. The van der Waals surface area contributed by atoms with Crippen molar-refractivity contribution in [2.45, 2.75) is 6.10 Å². The average Bonchev–Trinajstić information content (AvgIpc) is 2.59. The van der Waals surface area contributed by atoms with Gasteiger partial charge in [-0.25, -0.2) is 14.2 Å². The van der Waals surface area contributed by atoms with Crippen molar-refractivity contribution in [2.24, 2.45) is 0 Å². The van der Waals surface area contributed by atoms with Crippen LogP contribution in [0.5, 0.6) is 0 Å². The first-order valence-corrected chi connectivity index (χ1v) is 7.81. The maximum absolute atomic E-state index is 14.2. The van der Waals surface area contributed by atoms with Crippen molar-refractivity contribution in [3.8, 4) is 0 Å². The monoisotopic (exact) mass is 350 g/mol. The fraction of sp³-hybridized carbons (Fsp3) is 0.250. The van der Waals surface area contributed by atoms with Crippen molar-refractivity contribution in [3.05, 3.63) is 53.1 Å². The number of nitrogens with zero attached hydrogens (tertiary/aromatic N) is 1. The fourth-order valence-electron chi connectivity index (χ4n) is 2.35. The number of hydrogen-bond acceptors (Lipinski definition) is 4. The van der Waals surface area contributed by atoms with E-state index in [1.165, 1.54) is 18.3 Å². The van der Waals surface area contributed by atoms with E-state index in [1.807, 2.05) is 0 Å². The zero-order valence-electron chi connectivity index (χ0n) is 12.7. The number of ether oxygens (including phenoxy) is 1.